The average molecular weight is 281 g/mol. The van der Waals surface area contributed by atoms with Crippen molar-refractivity contribution in [2.24, 2.45) is 0 Å². The number of imide groups is 1. The molecule has 0 bridgehead atoms. The zero-order valence-corrected chi connectivity index (χ0v) is 10.6. The van der Waals surface area contributed by atoms with Crippen LogP contribution in [0.5, 0.6) is 23.0 Å². The van der Waals surface area contributed by atoms with E-state index in [1.54, 1.807) is 5.32 Å². The van der Waals surface area contributed by atoms with Gasteiger partial charge in [0.2, 0.25) is 12.2 Å². The number of phenolic OH excluding ortho intramolecular Hbond substituents is 3. The Labute approximate surface area is 112 Å². The van der Waals surface area contributed by atoms with E-state index in [1.165, 1.54) is 13.8 Å². The number of amides is 2. The first-order valence-corrected chi connectivity index (χ1v) is 5.51. The number of ether oxygens (including phenoxy) is 1. The van der Waals surface area contributed by atoms with Gasteiger partial charge in [0.15, 0.2) is 28.6 Å². The fraction of sp³-hybridized carbons (Fsp3) is 0.250. The quantitative estimate of drug-likeness (QED) is 0.342. The van der Waals surface area contributed by atoms with Crippen LogP contribution in [-0.4, -0.2) is 39.0 Å². The molecular weight excluding hydrogens is 270 g/mol. The summed E-state index contributed by atoms with van der Waals surface area (Å²) < 4.78 is 5.20. The predicted molar refractivity (Wildman–Crippen MR) is 64.0 cm³/mol. The Balaban J connectivity index is 2.74. The predicted octanol–water partition coefficient (Wildman–Crippen LogP) is 0.0433. The number of carbonyl (C=O) groups is 3. The van der Waals surface area contributed by atoms with Crippen molar-refractivity contribution in [3.8, 4) is 23.0 Å². The topological polar surface area (TPSA) is 133 Å². The maximum absolute atomic E-state index is 12.0. The molecule has 1 aliphatic heterocycles. The van der Waals surface area contributed by atoms with Crippen molar-refractivity contribution < 1.29 is 34.4 Å². The smallest absolute Gasteiger partial charge is 0.265 e. The number of hydrogen-bond acceptors (Lipinski definition) is 7. The zero-order valence-electron chi connectivity index (χ0n) is 10.6. The van der Waals surface area contributed by atoms with E-state index in [0.29, 0.717) is 0 Å². The van der Waals surface area contributed by atoms with Crippen molar-refractivity contribution >= 4 is 18.1 Å². The minimum absolute atomic E-state index is 0.0431. The number of rotatable bonds is 2. The van der Waals surface area contributed by atoms with Crippen LogP contribution in [0.4, 0.5) is 0 Å². The van der Waals surface area contributed by atoms with Crippen LogP contribution in [0.25, 0.3) is 0 Å². The molecular formula is C12H11NO7. The summed E-state index contributed by atoms with van der Waals surface area (Å²) >= 11 is 0. The van der Waals surface area contributed by atoms with Gasteiger partial charge in [0, 0.05) is 0 Å². The van der Waals surface area contributed by atoms with E-state index in [0.717, 1.165) is 0 Å². The number of ketones is 1. The summed E-state index contributed by atoms with van der Waals surface area (Å²) in [6, 6.07) is 0. The van der Waals surface area contributed by atoms with Gasteiger partial charge in [-0.2, -0.15) is 0 Å². The monoisotopic (exact) mass is 281 g/mol. The summed E-state index contributed by atoms with van der Waals surface area (Å²) in [5.74, 6) is -4.92. The Morgan fingerprint density at radius 1 is 1.20 bits per heavy atom. The molecule has 20 heavy (non-hydrogen) atoms. The Bertz CT molecular complexity index is 648. The van der Waals surface area contributed by atoms with Crippen LogP contribution in [0, 0.1) is 0 Å². The molecule has 0 saturated carbocycles. The van der Waals surface area contributed by atoms with Gasteiger partial charge < -0.3 is 20.1 Å². The number of aromatic hydroxyl groups is 3. The van der Waals surface area contributed by atoms with Gasteiger partial charge in [-0.25, -0.2) is 0 Å². The number of phenols is 3. The van der Waals surface area contributed by atoms with Crippen LogP contribution < -0.4 is 10.1 Å². The molecule has 2 rings (SSSR count). The van der Waals surface area contributed by atoms with Gasteiger partial charge in [0.1, 0.15) is 11.1 Å². The molecule has 0 radical (unpaired) electrons. The Kier molecular flexibility index (Phi) is 2.81. The summed E-state index contributed by atoms with van der Waals surface area (Å²) in [6.45, 7) is 2.80. The summed E-state index contributed by atoms with van der Waals surface area (Å²) in [4.78, 5) is 33.8. The van der Waals surface area contributed by atoms with Gasteiger partial charge in [0.05, 0.1) is 0 Å². The molecule has 0 aromatic heterocycles. The minimum Gasteiger partial charge on any atom is -0.504 e. The SMILES string of the molecule is CC1(C)Oc2c(O)c(C(=O)NC=O)c(O)c(O)c2C1=O. The molecule has 1 heterocycles. The highest BCUT2D eigenvalue weighted by Gasteiger charge is 2.46. The molecule has 0 saturated heterocycles. The largest absolute Gasteiger partial charge is 0.504 e. The molecule has 0 unspecified atom stereocenters. The first-order valence-electron chi connectivity index (χ1n) is 5.51. The summed E-state index contributed by atoms with van der Waals surface area (Å²) in [6.07, 6.45) is 0.0431. The lowest BCUT2D eigenvalue weighted by Crippen LogP contribution is -2.31. The van der Waals surface area contributed by atoms with Crippen molar-refractivity contribution in [2.75, 3.05) is 0 Å². The lowest BCUT2D eigenvalue weighted by atomic mass is 9.97. The Morgan fingerprint density at radius 2 is 1.80 bits per heavy atom. The fourth-order valence-electron chi connectivity index (χ4n) is 1.94. The maximum atomic E-state index is 12.0. The van der Waals surface area contributed by atoms with Gasteiger partial charge in [-0.1, -0.05) is 0 Å². The van der Waals surface area contributed by atoms with Crippen LogP contribution >= 0.6 is 0 Å². The molecule has 1 aromatic rings. The van der Waals surface area contributed by atoms with Crippen molar-refractivity contribution in [1.29, 1.82) is 0 Å². The van der Waals surface area contributed by atoms with Gasteiger partial charge in [-0.15, -0.1) is 0 Å². The number of carbonyl (C=O) groups excluding carboxylic acids is 3. The second kappa shape index (κ2) is 4.12. The fourth-order valence-corrected chi connectivity index (χ4v) is 1.94. The lowest BCUT2D eigenvalue weighted by molar-refractivity contribution is -0.108. The van der Waals surface area contributed by atoms with E-state index in [-0.39, 0.29) is 6.41 Å². The third kappa shape index (κ3) is 1.65. The van der Waals surface area contributed by atoms with Crippen LogP contribution in [0.3, 0.4) is 0 Å². The van der Waals surface area contributed by atoms with Crippen molar-refractivity contribution in [1.82, 2.24) is 5.32 Å². The van der Waals surface area contributed by atoms with Crippen LogP contribution in [0.1, 0.15) is 34.6 Å². The molecule has 0 atom stereocenters. The number of nitrogens with one attached hydrogen (secondary N) is 1. The number of benzene rings is 1. The average Bonchev–Trinajstić information content (AvgIpc) is 2.59. The molecule has 1 aromatic carbocycles. The van der Waals surface area contributed by atoms with Gasteiger partial charge in [0.25, 0.3) is 5.91 Å². The molecule has 4 N–H and O–H groups in total. The standard InChI is InChI=1S/C12H11NO7/c1-12(2)10(18)5-7(16)6(15)4(11(19)13-3-14)8(17)9(5)20-12/h3,15-17H,1-2H3,(H,13,14,19). The van der Waals surface area contributed by atoms with E-state index in [4.69, 9.17) is 4.74 Å². The number of hydrogen-bond donors (Lipinski definition) is 4. The molecule has 2 amide bonds. The van der Waals surface area contributed by atoms with Gasteiger partial charge in [-0.3, -0.25) is 19.7 Å². The maximum Gasteiger partial charge on any atom is 0.265 e. The van der Waals surface area contributed by atoms with Crippen molar-refractivity contribution in [3.05, 3.63) is 11.1 Å². The van der Waals surface area contributed by atoms with Gasteiger partial charge in [-0.05, 0) is 13.8 Å². The lowest BCUT2D eigenvalue weighted by Gasteiger charge is -2.15. The molecule has 0 aliphatic carbocycles. The Morgan fingerprint density at radius 3 is 2.35 bits per heavy atom. The number of fused-ring (bicyclic) bond motifs is 1. The van der Waals surface area contributed by atoms with Crippen LogP contribution in [0.15, 0.2) is 0 Å². The van der Waals surface area contributed by atoms with E-state index >= 15 is 0 Å². The van der Waals surface area contributed by atoms with E-state index in [2.05, 4.69) is 0 Å². The van der Waals surface area contributed by atoms with Crippen molar-refractivity contribution in [3.63, 3.8) is 0 Å². The summed E-state index contributed by atoms with van der Waals surface area (Å²) in [5.41, 5.74) is -2.52. The number of Topliss-reactive ketones (excluding diaryl/α,β-unsaturated/α-hetero) is 1. The van der Waals surface area contributed by atoms with Gasteiger partial charge >= 0.3 is 0 Å². The van der Waals surface area contributed by atoms with Crippen molar-refractivity contribution in [2.45, 2.75) is 19.4 Å². The molecule has 106 valence electrons. The van der Waals surface area contributed by atoms with Crippen LogP contribution in [-0.2, 0) is 4.79 Å². The highest BCUT2D eigenvalue weighted by Crippen LogP contribution is 2.52. The summed E-state index contributed by atoms with van der Waals surface area (Å²) in [7, 11) is 0. The minimum atomic E-state index is -1.36. The molecule has 0 fully saturated rings. The van der Waals surface area contributed by atoms with E-state index in [1.807, 2.05) is 0 Å². The third-order valence-corrected chi connectivity index (χ3v) is 2.93. The normalized spacial score (nSPS) is 15.4. The van der Waals surface area contributed by atoms with Crippen LogP contribution in [0.2, 0.25) is 0 Å². The molecule has 8 nitrogen and oxygen atoms in total. The molecule has 0 spiro atoms. The molecule has 1 aliphatic rings. The van der Waals surface area contributed by atoms with E-state index < -0.39 is 51.4 Å². The van der Waals surface area contributed by atoms with E-state index in [9.17, 15) is 29.7 Å². The highest BCUT2D eigenvalue weighted by atomic mass is 16.5. The second-order valence-corrected chi connectivity index (χ2v) is 4.66. The first kappa shape index (κ1) is 13.7. The third-order valence-electron chi connectivity index (χ3n) is 2.93. The zero-order chi connectivity index (χ0) is 15.2. The summed E-state index contributed by atoms with van der Waals surface area (Å²) in [5, 5.41) is 31.2. The Hall–Kier alpha value is -2.77. The highest BCUT2D eigenvalue weighted by molar-refractivity contribution is 6.14. The first-order chi connectivity index (χ1) is 9.22. The molecule has 8 heteroatoms. The second-order valence-electron chi connectivity index (χ2n) is 4.66.